The molecule has 0 unspecified atom stereocenters. The second-order valence-electron chi connectivity index (χ2n) is 5.22. The number of ether oxygens (including phenoxy) is 1. The van der Waals surface area contributed by atoms with E-state index in [1.807, 2.05) is 24.3 Å². The van der Waals surface area contributed by atoms with Crippen LogP contribution < -0.4 is 10.1 Å². The van der Waals surface area contributed by atoms with Crippen LogP contribution in [0.15, 0.2) is 42.5 Å². The number of phenolic OH excluding ortho intramolecular Hbond substituents is 1. The van der Waals surface area contributed by atoms with Gasteiger partial charge in [0.05, 0.1) is 5.69 Å². The Morgan fingerprint density at radius 2 is 1.91 bits per heavy atom. The van der Waals surface area contributed by atoms with Crippen molar-refractivity contribution in [1.82, 2.24) is 0 Å². The Morgan fingerprint density at radius 1 is 1.23 bits per heavy atom. The lowest BCUT2D eigenvalue weighted by molar-refractivity contribution is -0.118. The summed E-state index contributed by atoms with van der Waals surface area (Å²) < 4.78 is 5.42. The minimum Gasteiger partial charge on any atom is -0.506 e. The van der Waals surface area contributed by atoms with Crippen molar-refractivity contribution in [3.05, 3.63) is 53.1 Å². The molecule has 0 aromatic heterocycles. The molecule has 0 heterocycles. The van der Waals surface area contributed by atoms with Crippen molar-refractivity contribution in [3.63, 3.8) is 0 Å². The fourth-order valence-electron chi connectivity index (χ4n) is 1.89. The van der Waals surface area contributed by atoms with E-state index < -0.39 is 0 Å². The molecule has 2 aromatic rings. The topological polar surface area (TPSA) is 58.6 Å². The molecule has 22 heavy (non-hydrogen) atoms. The SMILES string of the molecule is CC(C)c1ccc(OCC(=O)Nc2cc(Cl)ccc2O)cc1. The maximum atomic E-state index is 11.8. The standard InChI is InChI=1S/C17H18ClNO3/c1-11(2)12-3-6-14(7-4-12)22-10-17(21)19-15-9-13(18)5-8-16(15)20/h3-9,11,20H,10H2,1-2H3,(H,19,21). The first-order valence-corrected chi connectivity index (χ1v) is 7.34. The van der Waals surface area contributed by atoms with Crippen molar-refractivity contribution in [2.45, 2.75) is 19.8 Å². The van der Waals surface area contributed by atoms with E-state index in [-0.39, 0.29) is 24.0 Å². The molecule has 0 fully saturated rings. The first kappa shape index (κ1) is 16.2. The average molecular weight is 320 g/mol. The van der Waals surface area contributed by atoms with Crippen molar-refractivity contribution in [2.24, 2.45) is 0 Å². The number of rotatable bonds is 5. The lowest BCUT2D eigenvalue weighted by Gasteiger charge is -2.10. The minimum absolute atomic E-state index is 0.0426. The van der Waals surface area contributed by atoms with E-state index in [1.54, 1.807) is 6.07 Å². The summed E-state index contributed by atoms with van der Waals surface area (Å²) in [6.45, 7) is 4.08. The molecule has 0 aliphatic heterocycles. The van der Waals surface area contributed by atoms with E-state index in [0.29, 0.717) is 16.7 Å². The summed E-state index contributed by atoms with van der Waals surface area (Å²) in [5, 5.41) is 12.6. The van der Waals surface area contributed by atoms with Crippen LogP contribution >= 0.6 is 11.6 Å². The smallest absolute Gasteiger partial charge is 0.262 e. The summed E-state index contributed by atoms with van der Waals surface area (Å²) in [7, 11) is 0. The maximum Gasteiger partial charge on any atom is 0.262 e. The van der Waals surface area contributed by atoms with Crippen molar-refractivity contribution in [2.75, 3.05) is 11.9 Å². The zero-order valence-corrected chi connectivity index (χ0v) is 13.2. The highest BCUT2D eigenvalue weighted by Gasteiger charge is 2.08. The number of hydrogen-bond acceptors (Lipinski definition) is 3. The van der Waals surface area contributed by atoms with E-state index >= 15 is 0 Å². The third kappa shape index (κ3) is 4.40. The molecule has 5 heteroatoms. The number of carbonyl (C=O) groups is 1. The second kappa shape index (κ2) is 7.18. The molecule has 0 bridgehead atoms. The van der Waals surface area contributed by atoms with Crippen LogP contribution in [0.1, 0.15) is 25.3 Å². The molecule has 2 rings (SSSR count). The molecule has 116 valence electrons. The van der Waals surface area contributed by atoms with Crippen LogP contribution in [0.2, 0.25) is 5.02 Å². The van der Waals surface area contributed by atoms with Crippen molar-refractivity contribution < 1.29 is 14.6 Å². The molecular weight excluding hydrogens is 302 g/mol. The van der Waals surface area contributed by atoms with Crippen LogP contribution in [0.5, 0.6) is 11.5 Å². The molecule has 1 amide bonds. The van der Waals surface area contributed by atoms with Gasteiger partial charge >= 0.3 is 0 Å². The van der Waals surface area contributed by atoms with Crippen LogP contribution in [-0.4, -0.2) is 17.6 Å². The van der Waals surface area contributed by atoms with E-state index in [2.05, 4.69) is 19.2 Å². The summed E-state index contributed by atoms with van der Waals surface area (Å²) in [4.78, 5) is 11.8. The third-order valence-electron chi connectivity index (χ3n) is 3.15. The van der Waals surface area contributed by atoms with Crippen molar-refractivity contribution >= 4 is 23.2 Å². The van der Waals surface area contributed by atoms with Gasteiger partial charge in [0.1, 0.15) is 11.5 Å². The molecule has 0 saturated heterocycles. The Balaban J connectivity index is 1.91. The molecular formula is C17H18ClNO3. The highest BCUT2D eigenvalue weighted by molar-refractivity contribution is 6.31. The number of aromatic hydroxyl groups is 1. The number of carbonyl (C=O) groups excluding carboxylic acids is 1. The molecule has 0 radical (unpaired) electrons. The van der Waals surface area contributed by atoms with E-state index in [0.717, 1.165) is 0 Å². The monoisotopic (exact) mass is 319 g/mol. The van der Waals surface area contributed by atoms with Gasteiger partial charge in [-0.05, 0) is 41.8 Å². The lowest BCUT2D eigenvalue weighted by atomic mass is 10.0. The minimum atomic E-state index is -0.370. The number of phenols is 1. The Hall–Kier alpha value is -2.20. The fourth-order valence-corrected chi connectivity index (χ4v) is 2.06. The fraction of sp³-hybridized carbons (Fsp3) is 0.235. The molecule has 2 aromatic carbocycles. The molecule has 0 saturated carbocycles. The molecule has 4 nitrogen and oxygen atoms in total. The predicted octanol–water partition coefficient (Wildman–Crippen LogP) is 4.19. The number of hydrogen-bond donors (Lipinski definition) is 2. The van der Waals surface area contributed by atoms with E-state index in [1.165, 1.54) is 17.7 Å². The Morgan fingerprint density at radius 3 is 2.55 bits per heavy atom. The first-order valence-electron chi connectivity index (χ1n) is 6.97. The van der Waals surface area contributed by atoms with Gasteiger partial charge in [-0.1, -0.05) is 37.6 Å². The van der Waals surface area contributed by atoms with Gasteiger partial charge in [-0.15, -0.1) is 0 Å². The Bertz CT molecular complexity index is 653. The summed E-state index contributed by atoms with van der Waals surface area (Å²) in [5.41, 5.74) is 1.47. The van der Waals surface area contributed by atoms with Crippen LogP contribution in [0.25, 0.3) is 0 Å². The van der Waals surface area contributed by atoms with Gasteiger partial charge in [0.15, 0.2) is 6.61 Å². The molecule has 2 N–H and O–H groups in total. The zero-order chi connectivity index (χ0) is 16.1. The Kier molecular flexibility index (Phi) is 5.28. The number of halogens is 1. The van der Waals surface area contributed by atoms with Crippen molar-refractivity contribution in [1.29, 1.82) is 0 Å². The van der Waals surface area contributed by atoms with Crippen molar-refractivity contribution in [3.8, 4) is 11.5 Å². The number of nitrogens with one attached hydrogen (secondary N) is 1. The van der Waals surface area contributed by atoms with Crippen LogP contribution in [0.3, 0.4) is 0 Å². The summed E-state index contributed by atoms with van der Waals surface area (Å²) in [6.07, 6.45) is 0. The quantitative estimate of drug-likeness (QED) is 0.812. The van der Waals surface area contributed by atoms with Gasteiger partial charge in [0.25, 0.3) is 5.91 Å². The first-order chi connectivity index (χ1) is 10.5. The molecule has 0 aliphatic carbocycles. The number of amides is 1. The highest BCUT2D eigenvalue weighted by Crippen LogP contribution is 2.26. The number of benzene rings is 2. The van der Waals surface area contributed by atoms with E-state index in [4.69, 9.17) is 16.3 Å². The zero-order valence-electron chi connectivity index (χ0n) is 12.5. The van der Waals surface area contributed by atoms with Gasteiger partial charge in [-0.25, -0.2) is 0 Å². The van der Waals surface area contributed by atoms with Gasteiger partial charge in [0, 0.05) is 5.02 Å². The normalized spacial score (nSPS) is 10.5. The lowest BCUT2D eigenvalue weighted by Crippen LogP contribution is -2.20. The third-order valence-corrected chi connectivity index (χ3v) is 3.38. The number of anilines is 1. The summed E-state index contributed by atoms with van der Waals surface area (Å²) in [5.74, 6) is 0.655. The second-order valence-corrected chi connectivity index (χ2v) is 5.66. The summed E-state index contributed by atoms with van der Waals surface area (Å²) >= 11 is 5.82. The maximum absolute atomic E-state index is 11.8. The van der Waals surface area contributed by atoms with Gasteiger partial charge in [-0.3, -0.25) is 4.79 Å². The average Bonchev–Trinajstić information content (AvgIpc) is 2.49. The molecule has 0 spiro atoms. The largest absolute Gasteiger partial charge is 0.506 e. The molecule has 0 atom stereocenters. The van der Waals surface area contributed by atoms with Crippen LogP contribution in [-0.2, 0) is 4.79 Å². The van der Waals surface area contributed by atoms with Gasteiger partial charge < -0.3 is 15.2 Å². The van der Waals surface area contributed by atoms with Crippen LogP contribution in [0.4, 0.5) is 5.69 Å². The predicted molar refractivity (Wildman–Crippen MR) is 87.8 cm³/mol. The highest BCUT2D eigenvalue weighted by atomic mass is 35.5. The van der Waals surface area contributed by atoms with E-state index in [9.17, 15) is 9.90 Å². The summed E-state index contributed by atoms with van der Waals surface area (Å²) in [6, 6.07) is 12.1. The Labute approximate surface area is 134 Å². The van der Waals surface area contributed by atoms with Gasteiger partial charge in [-0.2, -0.15) is 0 Å². The molecule has 0 aliphatic rings. The van der Waals surface area contributed by atoms with Crippen LogP contribution in [0, 0.1) is 0 Å². The van der Waals surface area contributed by atoms with Gasteiger partial charge in [0.2, 0.25) is 0 Å².